The molecule has 3 N–H and O–H groups in total. The first-order valence-corrected chi connectivity index (χ1v) is 5.36. The van der Waals surface area contributed by atoms with Crippen molar-refractivity contribution >= 4 is 12.0 Å². The Morgan fingerprint density at radius 2 is 1.81 bits per heavy atom. The highest BCUT2D eigenvalue weighted by atomic mass is 16.4. The summed E-state index contributed by atoms with van der Waals surface area (Å²) in [5.74, 6) is -1.21. The molecule has 1 heterocycles. The van der Waals surface area contributed by atoms with Crippen molar-refractivity contribution in [2.75, 3.05) is 13.1 Å². The number of aliphatic carboxylic acids is 1. The lowest BCUT2D eigenvalue weighted by molar-refractivity contribution is -0.162. The van der Waals surface area contributed by atoms with Crippen LogP contribution in [-0.4, -0.2) is 51.8 Å². The third-order valence-electron chi connectivity index (χ3n) is 2.69. The summed E-state index contributed by atoms with van der Waals surface area (Å²) in [7, 11) is 0. The maximum absolute atomic E-state index is 11.6. The minimum atomic E-state index is -1.67. The SMILES string of the molecule is CC(C)NC(=O)N1CCC(O)(C(=O)O)CC1. The number of piperidine rings is 1. The number of carboxylic acid groups (broad SMARTS) is 1. The molecule has 0 bridgehead atoms. The molecule has 0 atom stereocenters. The van der Waals surface area contributed by atoms with E-state index in [9.17, 15) is 14.7 Å². The quantitative estimate of drug-likeness (QED) is 0.623. The first kappa shape index (κ1) is 12.8. The topological polar surface area (TPSA) is 89.9 Å². The van der Waals surface area contributed by atoms with Crippen LogP contribution in [-0.2, 0) is 4.79 Å². The second-order valence-electron chi connectivity index (χ2n) is 4.43. The zero-order chi connectivity index (χ0) is 12.3. The van der Waals surface area contributed by atoms with Gasteiger partial charge in [-0.2, -0.15) is 0 Å². The molecule has 0 unspecified atom stereocenters. The molecule has 0 aromatic heterocycles. The lowest BCUT2D eigenvalue weighted by Gasteiger charge is -2.35. The molecule has 1 aliphatic rings. The molecule has 1 saturated heterocycles. The fraction of sp³-hybridized carbons (Fsp3) is 0.800. The average molecular weight is 230 g/mol. The summed E-state index contributed by atoms with van der Waals surface area (Å²) < 4.78 is 0. The predicted octanol–water partition coefficient (Wildman–Crippen LogP) is 0.0159. The number of carbonyl (C=O) groups is 2. The van der Waals surface area contributed by atoms with E-state index >= 15 is 0 Å². The molecule has 92 valence electrons. The monoisotopic (exact) mass is 230 g/mol. The number of likely N-dealkylation sites (tertiary alicyclic amines) is 1. The highest BCUT2D eigenvalue weighted by Crippen LogP contribution is 2.22. The Morgan fingerprint density at radius 1 is 1.31 bits per heavy atom. The first-order chi connectivity index (χ1) is 7.35. The molecular weight excluding hydrogens is 212 g/mol. The summed E-state index contributed by atoms with van der Waals surface area (Å²) in [5, 5.41) is 21.2. The van der Waals surface area contributed by atoms with Crippen molar-refractivity contribution in [3.05, 3.63) is 0 Å². The highest BCUT2D eigenvalue weighted by Gasteiger charge is 2.40. The van der Waals surface area contributed by atoms with Crippen LogP contribution in [0.3, 0.4) is 0 Å². The average Bonchev–Trinajstić information content (AvgIpc) is 2.17. The molecule has 0 aromatic rings. The van der Waals surface area contributed by atoms with E-state index in [0.717, 1.165) is 0 Å². The number of carbonyl (C=O) groups excluding carboxylic acids is 1. The Bertz CT molecular complexity index is 283. The minimum absolute atomic E-state index is 0.0489. The van der Waals surface area contributed by atoms with Crippen LogP contribution in [0, 0.1) is 0 Å². The molecular formula is C10H18N2O4. The van der Waals surface area contributed by atoms with Crippen LogP contribution in [0.1, 0.15) is 26.7 Å². The van der Waals surface area contributed by atoms with Gasteiger partial charge in [0.2, 0.25) is 0 Å². The summed E-state index contributed by atoms with van der Waals surface area (Å²) in [6, 6.07) is -0.157. The number of aliphatic hydroxyl groups is 1. The lowest BCUT2D eigenvalue weighted by Crippen LogP contribution is -2.53. The third kappa shape index (κ3) is 2.85. The zero-order valence-electron chi connectivity index (χ0n) is 9.56. The summed E-state index contributed by atoms with van der Waals surface area (Å²) in [6.45, 7) is 4.24. The molecule has 1 rings (SSSR count). The molecule has 0 aromatic carbocycles. The van der Waals surface area contributed by atoms with Crippen molar-refractivity contribution in [2.45, 2.75) is 38.3 Å². The van der Waals surface area contributed by atoms with Gasteiger partial charge in [-0.25, -0.2) is 9.59 Å². The van der Waals surface area contributed by atoms with Gasteiger partial charge >= 0.3 is 12.0 Å². The standard InChI is InChI=1S/C10H18N2O4/c1-7(2)11-9(15)12-5-3-10(16,4-6-12)8(13)14/h7,16H,3-6H2,1-2H3,(H,11,15)(H,13,14). The summed E-state index contributed by atoms with van der Waals surface area (Å²) in [6.07, 6.45) is 0.154. The predicted molar refractivity (Wildman–Crippen MR) is 57.1 cm³/mol. The summed E-state index contributed by atoms with van der Waals surface area (Å²) in [5.41, 5.74) is -1.67. The normalized spacial score (nSPS) is 19.6. The Morgan fingerprint density at radius 3 is 2.19 bits per heavy atom. The Balaban J connectivity index is 2.49. The van der Waals surface area contributed by atoms with Crippen LogP contribution in [0.4, 0.5) is 4.79 Å². The van der Waals surface area contributed by atoms with Crippen LogP contribution in [0.25, 0.3) is 0 Å². The lowest BCUT2D eigenvalue weighted by atomic mass is 9.92. The second-order valence-corrected chi connectivity index (χ2v) is 4.43. The highest BCUT2D eigenvalue weighted by molar-refractivity contribution is 5.78. The summed E-state index contributed by atoms with van der Waals surface area (Å²) >= 11 is 0. The Kier molecular flexibility index (Phi) is 3.74. The molecule has 16 heavy (non-hydrogen) atoms. The Hall–Kier alpha value is -1.30. The number of rotatable bonds is 2. The van der Waals surface area contributed by atoms with E-state index in [1.807, 2.05) is 13.8 Å². The van der Waals surface area contributed by atoms with Gasteiger partial charge in [0.15, 0.2) is 5.60 Å². The van der Waals surface area contributed by atoms with Gasteiger partial charge in [-0.1, -0.05) is 0 Å². The van der Waals surface area contributed by atoms with E-state index < -0.39 is 11.6 Å². The number of urea groups is 1. The van der Waals surface area contributed by atoms with Crippen molar-refractivity contribution in [3.8, 4) is 0 Å². The van der Waals surface area contributed by atoms with Gasteiger partial charge in [0.05, 0.1) is 0 Å². The Labute approximate surface area is 94.2 Å². The smallest absolute Gasteiger partial charge is 0.335 e. The molecule has 1 aliphatic heterocycles. The van der Waals surface area contributed by atoms with Crippen molar-refractivity contribution in [1.29, 1.82) is 0 Å². The molecule has 6 heteroatoms. The number of hydrogen-bond donors (Lipinski definition) is 3. The fourth-order valence-corrected chi connectivity index (χ4v) is 1.63. The second kappa shape index (κ2) is 4.69. The van der Waals surface area contributed by atoms with Gasteiger partial charge in [0, 0.05) is 32.0 Å². The maximum Gasteiger partial charge on any atom is 0.335 e. The number of carboxylic acids is 1. The van der Waals surface area contributed by atoms with Gasteiger partial charge in [0.1, 0.15) is 0 Å². The van der Waals surface area contributed by atoms with E-state index in [4.69, 9.17) is 5.11 Å². The number of nitrogens with one attached hydrogen (secondary N) is 1. The fourth-order valence-electron chi connectivity index (χ4n) is 1.63. The largest absolute Gasteiger partial charge is 0.479 e. The third-order valence-corrected chi connectivity index (χ3v) is 2.69. The van der Waals surface area contributed by atoms with Crippen molar-refractivity contribution in [3.63, 3.8) is 0 Å². The molecule has 2 amide bonds. The maximum atomic E-state index is 11.6. The van der Waals surface area contributed by atoms with Crippen LogP contribution in [0.15, 0.2) is 0 Å². The van der Waals surface area contributed by atoms with Gasteiger partial charge < -0.3 is 20.4 Å². The van der Waals surface area contributed by atoms with Crippen molar-refractivity contribution < 1.29 is 19.8 Å². The van der Waals surface area contributed by atoms with Crippen molar-refractivity contribution in [1.82, 2.24) is 10.2 Å². The van der Waals surface area contributed by atoms with Crippen LogP contribution >= 0.6 is 0 Å². The minimum Gasteiger partial charge on any atom is -0.479 e. The zero-order valence-corrected chi connectivity index (χ0v) is 9.56. The van der Waals surface area contributed by atoms with E-state index in [-0.39, 0.29) is 38.0 Å². The van der Waals surface area contributed by atoms with Crippen molar-refractivity contribution in [2.24, 2.45) is 0 Å². The van der Waals surface area contributed by atoms with Gasteiger partial charge in [-0.15, -0.1) is 0 Å². The van der Waals surface area contributed by atoms with E-state index in [2.05, 4.69) is 5.32 Å². The van der Waals surface area contributed by atoms with Crippen LogP contribution in [0.5, 0.6) is 0 Å². The number of nitrogens with zero attached hydrogens (tertiary/aromatic N) is 1. The molecule has 6 nitrogen and oxygen atoms in total. The van der Waals surface area contributed by atoms with E-state index in [0.29, 0.717) is 0 Å². The summed E-state index contributed by atoms with van der Waals surface area (Å²) in [4.78, 5) is 23.9. The molecule has 1 fully saturated rings. The molecule has 0 saturated carbocycles. The number of amides is 2. The molecule has 0 radical (unpaired) electrons. The van der Waals surface area contributed by atoms with E-state index in [1.165, 1.54) is 4.90 Å². The number of hydrogen-bond acceptors (Lipinski definition) is 3. The first-order valence-electron chi connectivity index (χ1n) is 5.36. The van der Waals surface area contributed by atoms with E-state index in [1.54, 1.807) is 0 Å². The van der Waals surface area contributed by atoms with Gasteiger partial charge in [-0.05, 0) is 13.8 Å². The van der Waals surface area contributed by atoms with Gasteiger partial charge in [-0.3, -0.25) is 0 Å². The van der Waals surface area contributed by atoms with Crippen LogP contribution < -0.4 is 5.32 Å². The van der Waals surface area contributed by atoms with Crippen LogP contribution in [0.2, 0.25) is 0 Å². The molecule has 0 spiro atoms. The van der Waals surface area contributed by atoms with Gasteiger partial charge in [0.25, 0.3) is 0 Å². The molecule has 0 aliphatic carbocycles.